The predicted molar refractivity (Wildman–Crippen MR) is 84.1 cm³/mol. The highest BCUT2D eigenvalue weighted by Gasteiger charge is 2.24. The Morgan fingerprint density at radius 3 is 2.86 bits per heavy atom. The van der Waals surface area contributed by atoms with Gasteiger partial charge in [0, 0.05) is 22.8 Å². The zero-order valence-corrected chi connectivity index (χ0v) is 13.0. The molecule has 0 radical (unpaired) electrons. The van der Waals surface area contributed by atoms with E-state index in [1.54, 1.807) is 0 Å². The quantitative estimate of drug-likeness (QED) is 0.899. The molecule has 1 N–H and O–H groups in total. The number of hydrogen-bond donors (Lipinski definition) is 1. The number of halogens is 1. The number of fused-ring (bicyclic) bond motifs is 2. The van der Waals surface area contributed by atoms with E-state index in [4.69, 9.17) is 9.47 Å². The van der Waals surface area contributed by atoms with Gasteiger partial charge in [0.25, 0.3) is 0 Å². The lowest BCUT2D eigenvalue weighted by Crippen LogP contribution is -2.16. The molecule has 0 amide bonds. The molecule has 2 heterocycles. The summed E-state index contributed by atoms with van der Waals surface area (Å²) >= 11 is 3.60. The van der Waals surface area contributed by atoms with Crippen molar-refractivity contribution in [2.24, 2.45) is 0 Å². The average Bonchev–Trinajstić information content (AvgIpc) is 2.91. The highest BCUT2D eigenvalue weighted by Crippen LogP contribution is 2.41. The largest absolute Gasteiger partial charge is 0.486 e. The predicted octanol–water partition coefficient (Wildman–Crippen LogP) is 3.71. The second kappa shape index (κ2) is 5.22. The van der Waals surface area contributed by atoms with E-state index in [0.717, 1.165) is 40.2 Å². The van der Waals surface area contributed by atoms with Crippen molar-refractivity contribution in [3.63, 3.8) is 0 Å². The van der Waals surface area contributed by atoms with Gasteiger partial charge >= 0.3 is 0 Å². The number of anilines is 1. The molecule has 0 saturated heterocycles. The molecule has 0 spiro atoms. The van der Waals surface area contributed by atoms with E-state index in [2.05, 4.69) is 32.3 Å². The van der Waals surface area contributed by atoms with Crippen LogP contribution < -0.4 is 14.8 Å². The fourth-order valence-corrected chi connectivity index (χ4v) is 3.35. The average molecular weight is 347 g/mol. The Morgan fingerprint density at radius 2 is 2.00 bits per heavy atom. The van der Waals surface area contributed by atoms with Crippen LogP contribution in [0.25, 0.3) is 0 Å². The fraction of sp³-hybridized carbons (Fsp3) is 0.312. The molecule has 5 heteroatoms. The van der Waals surface area contributed by atoms with Crippen molar-refractivity contribution in [2.45, 2.75) is 18.9 Å². The van der Waals surface area contributed by atoms with Crippen molar-refractivity contribution in [3.8, 4) is 11.5 Å². The molecule has 1 aromatic heterocycles. The monoisotopic (exact) mass is 346 g/mol. The summed E-state index contributed by atoms with van der Waals surface area (Å²) in [7, 11) is 0. The highest BCUT2D eigenvalue weighted by atomic mass is 79.9. The summed E-state index contributed by atoms with van der Waals surface area (Å²) in [6, 6.07) is 8.37. The molecule has 1 unspecified atom stereocenters. The van der Waals surface area contributed by atoms with Gasteiger partial charge in [-0.2, -0.15) is 0 Å². The highest BCUT2D eigenvalue weighted by molar-refractivity contribution is 9.10. The summed E-state index contributed by atoms with van der Waals surface area (Å²) in [5.41, 5.74) is 3.51. The van der Waals surface area contributed by atoms with Gasteiger partial charge in [0.2, 0.25) is 0 Å². The van der Waals surface area contributed by atoms with Crippen molar-refractivity contribution in [2.75, 3.05) is 18.5 Å². The molecule has 2 aliphatic rings. The van der Waals surface area contributed by atoms with Gasteiger partial charge < -0.3 is 14.8 Å². The van der Waals surface area contributed by atoms with E-state index in [0.29, 0.717) is 13.2 Å². The molecule has 21 heavy (non-hydrogen) atoms. The second-order valence-electron chi connectivity index (χ2n) is 5.26. The molecule has 4 rings (SSSR count). The number of rotatable bonds is 2. The van der Waals surface area contributed by atoms with Gasteiger partial charge in [0.15, 0.2) is 11.5 Å². The molecule has 2 aromatic rings. The van der Waals surface area contributed by atoms with Gasteiger partial charge in [-0.05, 0) is 40.4 Å². The molecular formula is C16H15BrN2O2. The van der Waals surface area contributed by atoms with Crippen LogP contribution in [0.2, 0.25) is 0 Å². The molecule has 1 aliphatic carbocycles. The van der Waals surface area contributed by atoms with Crippen molar-refractivity contribution >= 4 is 21.6 Å². The minimum Gasteiger partial charge on any atom is -0.486 e. The van der Waals surface area contributed by atoms with Gasteiger partial charge in [-0.25, -0.2) is 0 Å². The molecule has 0 fully saturated rings. The standard InChI is InChI=1S/C16H15BrN2O2/c17-11-8-14-15(21-7-6-20-14)9-13(11)19-12-4-3-10-2-1-5-18-16(10)12/h1-2,5,8-9,12,19H,3-4,6-7H2. The van der Waals surface area contributed by atoms with Crippen LogP contribution in [0.3, 0.4) is 0 Å². The summed E-state index contributed by atoms with van der Waals surface area (Å²) in [5, 5.41) is 3.57. The molecule has 1 aromatic carbocycles. The van der Waals surface area contributed by atoms with Gasteiger partial charge in [0.1, 0.15) is 13.2 Å². The zero-order chi connectivity index (χ0) is 14.2. The normalized spacial score (nSPS) is 19.2. The lowest BCUT2D eigenvalue weighted by molar-refractivity contribution is 0.171. The van der Waals surface area contributed by atoms with Gasteiger partial charge in [0.05, 0.1) is 17.4 Å². The van der Waals surface area contributed by atoms with Crippen molar-refractivity contribution < 1.29 is 9.47 Å². The molecular weight excluding hydrogens is 332 g/mol. The molecule has 0 saturated carbocycles. The van der Waals surface area contributed by atoms with E-state index < -0.39 is 0 Å². The number of benzene rings is 1. The summed E-state index contributed by atoms with van der Waals surface area (Å²) < 4.78 is 12.2. The first-order chi connectivity index (χ1) is 10.3. The van der Waals surface area contributed by atoms with Crippen molar-refractivity contribution in [3.05, 3.63) is 46.2 Å². The molecule has 0 bridgehead atoms. The number of nitrogens with zero attached hydrogens (tertiary/aromatic N) is 1. The van der Waals surface area contributed by atoms with Crippen LogP contribution in [0.4, 0.5) is 5.69 Å². The maximum absolute atomic E-state index is 5.65. The maximum Gasteiger partial charge on any atom is 0.163 e. The minimum absolute atomic E-state index is 0.250. The zero-order valence-electron chi connectivity index (χ0n) is 11.4. The Morgan fingerprint density at radius 1 is 1.19 bits per heavy atom. The van der Waals surface area contributed by atoms with E-state index >= 15 is 0 Å². The molecule has 108 valence electrons. The van der Waals surface area contributed by atoms with Crippen LogP contribution in [-0.4, -0.2) is 18.2 Å². The van der Waals surface area contributed by atoms with Crippen molar-refractivity contribution in [1.29, 1.82) is 0 Å². The lowest BCUT2D eigenvalue weighted by atomic mass is 10.2. The Hall–Kier alpha value is -1.75. The Kier molecular flexibility index (Phi) is 3.22. The van der Waals surface area contributed by atoms with Crippen LogP contribution in [0, 0.1) is 0 Å². The van der Waals surface area contributed by atoms with Crippen LogP contribution in [-0.2, 0) is 6.42 Å². The first kappa shape index (κ1) is 13.0. The number of nitrogens with one attached hydrogen (secondary N) is 1. The number of aryl methyl sites for hydroxylation is 1. The smallest absolute Gasteiger partial charge is 0.163 e. The molecule has 4 nitrogen and oxygen atoms in total. The summed E-state index contributed by atoms with van der Waals surface area (Å²) in [6.07, 6.45) is 3.99. The summed E-state index contributed by atoms with van der Waals surface area (Å²) in [6.45, 7) is 1.20. The number of ether oxygens (including phenoxy) is 2. The van der Waals surface area contributed by atoms with E-state index in [-0.39, 0.29) is 6.04 Å². The van der Waals surface area contributed by atoms with Crippen LogP contribution in [0.5, 0.6) is 11.5 Å². The third-order valence-corrected chi connectivity index (χ3v) is 4.58. The summed E-state index contributed by atoms with van der Waals surface area (Å²) in [4.78, 5) is 4.52. The topological polar surface area (TPSA) is 43.4 Å². The third-order valence-electron chi connectivity index (χ3n) is 3.92. The number of aromatic nitrogens is 1. The lowest BCUT2D eigenvalue weighted by Gasteiger charge is -2.22. The fourth-order valence-electron chi connectivity index (χ4n) is 2.92. The molecule has 1 atom stereocenters. The third kappa shape index (κ3) is 2.35. The van der Waals surface area contributed by atoms with Crippen molar-refractivity contribution in [1.82, 2.24) is 4.98 Å². The summed E-state index contributed by atoms with van der Waals surface area (Å²) in [5.74, 6) is 1.59. The Balaban J connectivity index is 1.63. The minimum atomic E-state index is 0.250. The van der Waals surface area contributed by atoms with Crippen LogP contribution in [0.1, 0.15) is 23.7 Å². The van der Waals surface area contributed by atoms with Gasteiger partial charge in [-0.1, -0.05) is 6.07 Å². The Labute approximate surface area is 131 Å². The SMILES string of the molecule is Brc1cc2c(cc1NC1CCc3cccnc31)OCCO2. The van der Waals surface area contributed by atoms with E-state index in [9.17, 15) is 0 Å². The van der Waals surface area contributed by atoms with Gasteiger partial charge in [-0.15, -0.1) is 0 Å². The number of pyridine rings is 1. The molecule has 1 aliphatic heterocycles. The number of hydrogen-bond acceptors (Lipinski definition) is 4. The maximum atomic E-state index is 5.65. The second-order valence-corrected chi connectivity index (χ2v) is 6.11. The van der Waals surface area contributed by atoms with E-state index in [1.807, 2.05) is 24.4 Å². The van der Waals surface area contributed by atoms with Crippen LogP contribution in [0.15, 0.2) is 34.9 Å². The first-order valence-corrected chi connectivity index (χ1v) is 7.90. The van der Waals surface area contributed by atoms with Crippen LogP contribution >= 0.6 is 15.9 Å². The van der Waals surface area contributed by atoms with E-state index in [1.165, 1.54) is 5.56 Å². The Bertz CT molecular complexity index is 690. The first-order valence-electron chi connectivity index (χ1n) is 7.11. The van der Waals surface area contributed by atoms with Gasteiger partial charge in [-0.3, -0.25) is 4.98 Å².